The molecule has 0 aromatic heterocycles. The molecule has 0 amide bonds. The Morgan fingerprint density at radius 1 is 1.37 bits per heavy atom. The minimum atomic E-state index is -0.942. The van der Waals surface area contributed by atoms with E-state index in [1.54, 1.807) is 25.3 Å². The van der Waals surface area contributed by atoms with Crippen molar-refractivity contribution in [3.63, 3.8) is 0 Å². The first kappa shape index (κ1) is 12.5. The van der Waals surface area contributed by atoms with Crippen molar-refractivity contribution in [2.45, 2.75) is 43.5 Å². The topological polar surface area (TPSA) is 62.5 Å². The highest BCUT2D eigenvalue weighted by molar-refractivity contribution is 5.45. The van der Waals surface area contributed by atoms with Crippen LogP contribution in [0.2, 0.25) is 0 Å². The van der Waals surface area contributed by atoms with Gasteiger partial charge >= 0.3 is 0 Å². The summed E-state index contributed by atoms with van der Waals surface area (Å²) in [6.07, 6.45) is 3.42. The molecule has 0 aliphatic carbocycles. The fourth-order valence-electron chi connectivity index (χ4n) is 3.28. The van der Waals surface area contributed by atoms with Crippen LogP contribution in [0.4, 0.5) is 0 Å². The molecular formula is C15H17NO3. The van der Waals surface area contributed by atoms with Crippen molar-refractivity contribution >= 4 is 0 Å². The molecule has 3 rings (SSSR count). The molecule has 2 aliphatic rings. The van der Waals surface area contributed by atoms with E-state index in [9.17, 15) is 5.11 Å². The van der Waals surface area contributed by atoms with E-state index in [1.165, 1.54) is 0 Å². The zero-order chi connectivity index (χ0) is 13.5. The summed E-state index contributed by atoms with van der Waals surface area (Å²) in [7, 11) is 1.59. The normalized spacial score (nSPS) is 32.9. The maximum atomic E-state index is 11.0. The average Bonchev–Trinajstić information content (AvgIpc) is 2.77. The second-order valence-corrected chi connectivity index (χ2v) is 5.42. The van der Waals surface area contributed by atoms with Crippen LogP contribution in [0.1, 0.15) is 36.8 Å². The van der Waals surface area contributed by atoms with Crippen LogP contribution in [-0.2, 0) is 10.3 Å². The summed E-state index contributed by atoms with van der Waals surface area (Å²) in [6.45, 7) is 0. The Hall–Kier alpha value is -1.57. The van der Waals surface area contributed by atoms with Crippen LogP contribution in [0.25, 0.3) is 0 Å². The van der Waals surface area contributed by atoms with Crippen LogP contribution in [0.5, 0.6) is 5.75 Å². The fraction of sp³-hybridized carbons (Fsp3) is 0.533. The Kier molecular flexibility index (Phi) is 2.96. The maximum absolute atomic E-state index is 11.0. The number of methoxy groups -OCH3 is 1. The Bertz CT molecular complexity index is 523. The van der Waals surface area contributed by atoms with Gasteiger partial charge in [-0.15, -0.1) is 0 Å². The van der Waals surface area contributed by atoms with Gasteiger partial charge in [-0.3, -0.25) is 0 Å². The number of ether oxygens (including phenoxy) is 2. The monoisotopic (exact) mass is 259 g/mol. The van der Waals surface area contributed by atoms with Gasteiger partial charge in [-0.1, -0.05) is 0 Å². The van der Waals surface area contributed by atoms with E-state index in [2.05, 4.69) is 6.07 Å². The second kappa shape index (κ2) is 4.52. The molecule has 0 radical (unpaired) electrons. The number of benzene rings is 1. The van der Waals surface area contributed by atoms with Crippen molar-refractivity contribution in [1.29, 1.82) is 5.26 Å². The molecule has 2 fully saturated rings. The molecule has 2 heterocycles. The minimum absolute atomic E-state index is 0.124. The third kappa shape index (κ3) is 2.09. The molecule has 2 atom stereocenters. The van der Waals surface area contributed by atoms with Gasteiger partial charge in [0.05, 0.1) is 36.6 Å². The SMILES string of the molecule is COc1ccc(C#N)cc1C1(O)CC2CCC(C1)O2. The van der Waals surface area contributed by atoms with Gasteiger partial charge in [0.1, 0.15) is 5.75 Å². The van der Waals surface area contributed by atoms with Crippen LogP contribution in [-0.4, -0.2) is 24.4 Å². The first-order valence-electron chi connectivity index (χ1n) is 6.61. The molecule has 4 heteroatoms. The number of aliphatic hydroxyl groups is 1. The van der Waals surface area contributed by atoms with Gasteiger partial charge < -0.3 is 14.6 Å². The Labute approximate surface area is 112 Å². The summed E-state index contributed by atoms with van der Waals surface area (Å²) in [6, 6.07) is 7.32. The summed E-state index contributed by atoms with van der Waals surface area (Å²) in [5.74, 6) is 0.641. The van der Waals surface area contributed by atoms with E-state index in [0.29, 0.717) is 29.7 Å². The maximum Gasteiger partial charge on any atom is 0.125 e. The van der Waals surface area contributed by atoms with E-state index in [0.717, 1.165) is 12.8 Å². The van der Waals surface area contributed by atoms with E-state index in [-0.39, 0.29) is 12.2 Å². The standard InChI is InChI=1S/C15H17NO3/c1-18-14-5-2-10(9-16)6-13(14)15(17)7-11-3-4-12(8-15)19-11/h2,5-6,11-12,17H,3-4,7-8H2,1H3. The van der Waals surface area contributed by atoms with Crippen molar-refractivity contribution in [1.82, 2.24) is 0 Å². The van der Waals surface area contributed by atoms with E-state index >= 15 is 0 Å². The molecule has 0 saturated carbocycles. The van der Waals surface area contributed by atoms with Crippen LogP contribution in [0.15, 0.2) is 18.2 Å². The minimum Gasteiger partial charge on any atom is -0.496 e. The van der Waals surface area contributed by atoms with Gasteiger partial charge in [0.25, 0.3) is 0 Å². The highest BCUT2D eigenvalue weighted by Crippen LogP contribution is 2.46. The molecule has 2 aliphatic heterocycles. The highest BCUT2D eigenvalue weighted by Gasteiger charge is 2.46. The third-order valence-electron chi connectivity index (χ3n) is 4.16. The lowest BCUT2D eigenvalue weighted by molar-refractivity contribution is -0.116. The summed E-state index contributed by atoms with van der Waals surface area (Å²) in [5.41, 5.74) is 0.319. The summed E-state index contributed by atoms with van der Waals surface area (Å²) < 4.78 is 11.1. The zero-order valence-corrected chi connectivity index (χ0v) is 10.9. The predicted octanol–water partition coefficient (Wildman–Crippen LogP) is 2.10. The molecular weight excluding hydrogens is 242 g/mol. The average molecular weight is 259 g/mol. The van der Waals surface area contributed by atoms with Crippen LogP contribution in [0, 0.1) is 11.3 Å². The fourth-order valence-corrected chi connectivity index (χ4v) is 3.28. The molecule has 2 saturated heterocycles. The molecule has 19 heavy (non-hydrogen) atoms. The lowest BCUT2D eigenvalue weighted by atomic mass is 9.82. The Morgan fingerprint density at radius 3 is 2.63 bits per heavy atom. The van der Waals surface area contributed by atoms with Crippen molar-refractivity contribution in [3.05, 3.63) is 29.3 Å². The number of nitrogens with zero attached hydrogens (tertiary/aromatic N) is 1. The molecule has 4 nitrogen and oxygen atoms in total. The molecule has 2 unspecified atom stereocenters. The first-order chi connectivity index (χ1) is 9.14. The lowest BCUT2D eigenvalue weighted by Crippen LogP contribution is -2.39. The predicted molar refractivity (Wildman–Crippen MR) is 68.7 cm³/mol. The van der Waals surface area contributed by atoms with Gasteiger partial charge in [0.15, 0.2) is 0 Å². The number of nitriles is 1. The van der Waals surface area contributed by atoms with E-state index in [4.69, 9.17) is 14.7 Å². The summed E-state index contributed by atoms with van der Waals surface area (Å²) in [5, 5.41) is 20.0. The van der Waals surface area contributed by atoms with Gasteiger partial charge in [-0.25, -0.2) is 0 Å². The van der Waals surface area contributed by atoms with Gasteiger partial charge in [0.2, 0.25) is 0 Å². The number of hydrogen-bond donors (Lipinski definition) is 1. The highest BCUT2D eigenvalue weighted by atomic mass is 16.5. The van der Waals surface area contributed by atoms with E-state index in [1.807, 2.05) is 0 Å². The zero-order valence-electron chi connectivity index (χ0n) is 10.9. The first-order valence-corrected chi connectivity index (χ1v) is 6.61. The van der Waals surface area contributed by atoms with Crippen LogP contribution >= 0.6 is 0 Å². The second-order valence-electron chi connectivity index (χ2n) is 5.42. The van der Waals surface area contributed by atoms with Crippen molar-refractivity contribution in [2.24, 2.45) is 0 Å². The lowest BCUT2D eigenvalue weighted by Gasteiger charge is -2.37. The van der Waals surface area contributed by atoms with Crippen molar-refractivity contribution in [2.75, 3.05) is 7.11 Å². The summed E-state index contributed by atoms with van der Waals surface area (Å²) in [4.78, 5) is 0. The molecule has 100 valence electrons. The third-order valence-corrected chi connectivity index (χ3v) is 4.16. The largest absolute Gasteiger partial charge is 0.496 e. The van der Waals surface area contributed by atoms with Crippen molar-refractivity contribution in [3.8, 4) is 11.8 Å². The molecule has 0 spiro atoms. The van der Waals surface area contributed by atoms with E-state index < -0.39 is 5.60 Å². The van der Waals surface area contributed by atoms with Gasteiger partial charge in [0, 0.05) is 18.4 Å². The number of hydrogen-bond acceptors (Lipinski definition) is 4. The summed E-state index contributed by atoms with van der Waals surface area (Å²) >= 11 is 0. The van der Waals surface area contributed by atoms with Gasteiger partial charge in [-0.2, -0.15) is 5.26 Å². The molecule has 1 aromatic carbocycles. The van der Waals surface area contributed by atoms with Crippen LogP contribution in [0.3, 0.4) is 0 Å². The molecule has 1 aromatic rings. The molecule has 1 N–H and O–H groups in total. The molecule has 2 bridgehead atoms. The number of fused-ring (bicyclic) bond motifs is 2. The van der Waals surface area contributed by atoms with Crippen LogP contribution < -0.4 is 4.74 Å². The van der Waals surface area contributed by atoms with Crippen molar-refractivity contribution < 1.29 is 14.6 Å². The smallest absolute Gasteiger partial charge is 0.125 e. The number of rotatable bonds is 2. The Balaban J connectivity index is 2.02. The van der Waals surface area contributed by atoms with Gasteiger partial charge in [-0.05, 0) is 31.0 Å². The Morgan fingerprint density at radius 2 is 2.05 bits per heavy atom. The quantitative estimate of drug-likeness (QED) is 0.883.